The lowest BCUT2D eigenvalue weighted by Gasteiger charge is -2.61. The van der Waals surface area contributed by atoms with Crippen molar-refractivity contribution in [3.05, 3.63) is 29.8 Å². The Morgan fingerprint density at radius 1 is 1.03 bits per heavy atom. The van der Waals surface area contributed by atoms with Gasteiger partial charge in [-0.2, -0.15) is 5.01 Å². The van der Waals surface area contributed by atoms with Crippen molar-refractivity contribution in [1.29, 1.82) is 0 Å². The predicted octanol–water partition coefficient (Wildman–Crippen LogP) is 4.08. The van der Waals surface area contributed by atoms with E-state index in [0.29, 0.717) is 11.6 Å². The lowest BCUT2D eigenvalue weighted by Crippen LogP contribution is -2.63. The molecule has 6 rings (SSSR count). The fourth-order valence-electron chi connectivity index (χ4n) is 6.77. The van der Waals surface area contributed by atoms with E-state index in [0.717, 1.165) is 42.6 Å². The second-order valence-electron chi connectivity index (χ2n) is 9.64. The Hall–Kier alpha value is -2.37. The molecule has 6 heteroatoms. The first-order valence-corrected chi connectivity index (χ1v) is 10.7. The molecule has 1 unspecified atom stereocenters. The van der Waals surface area contributed by atoms with Crippen molar-refractivity contribution in [3.8, 4) is 5.75 Å². The largest absolute Gasteiger partial charge is 0.447 e. The summed E-state index contributed by atoms with van der Waals surface area (Å²) >= 11 is 0. The van der Waals surface area contributed by atoms with Crippen LogP contribution in [0.2, 0.25) is 0 Å². The van der Waals surface area contributed by atoms with E-state index in [9.17, 15) is 9.59 Å². The zero-order valence-electron chi connectivity index (χ0n) is 17.3. The molecule has 5 aliphatic rings. The monoisotopic (exact) mass is 396 g/mol. The maximum atomic E-state index is 12.6. The number of esters is 1. The number of benzene rings is 1. The Kier molecular flexibility index (Phi) is 4.06. The van der Waals surface area contributed by atoms with Gasteiger partial charge in [0.1, 0.15) is 5.75 Å². The normalized spacial score (nSPS) is 37.3. The predicted molar refractivity (Wildman–Crippen MR) is 107 cm³/mol. The van der Waals surface area contributed by atoms with E-state index in [1.165, 1.54) is 26.2 Å². The van der Waals surface area contributed by atoms with Crippen molar-refractivity contribution in [2.45, 2.75) is 65.0 Å². The molecule has 1 heterocycles. The molecule has 4 bridgehead atoms. The van der Waals surface area contributed by atoms with Gasteiger partial charge in [0.05, 0.1) is 0 Å². The summed E-state index contributed by atoms with van der Waals surface area (Å²) < 4.78 is 11.7. The highest BCUT2D eigenvalue weighted by Gasteiger charge is 2.65. The number of carbonyl (C=O) groups excluding carboxylic acids is 2. The Morgan fingerprint density at radius 2 is 1.59 bits per heavy atom. The van der Waals surface area contributed by atoms with E-state index >= 15 is 0 Å². The van der Waals surface area contributed by atoms with Gasteiger partial charge in [-0.3, -0.25) is 9.59 Å². The fraction of sp³-hybridized carbons (Fsp3) is 0.609. The second kappa shape index (κ2) is 6.31. The first kappa shape index (κ1) is 18.6. The second-order valence-corrected chi connectivity index (χ2v) is 9.64. The van der Waals surface area contributed by atoms with Crippen molar-refractivity contribution >= 4 is 17.8 Å². The standard InChI is InChI=1S/C23H28N2O4/c1-14(26)25-22(3,23-11-16-8-17(12-23)10-18(9-16)13-23)29-21(24-25)19-4-6-20(7-5-19)28-15(2)27/h4-7,16-18H,8-13H2,1-3H3. The molecule has 29 heavy (non-hydrogen) atoms. The topological polar surface area (TPSA) is 68.2 Å². The summed E-state index contributed by atoms with van der Waals surface area (Å²) in [5, 5.41) is 6.22. The van der Waals surface area contributed by atoms with Crippen LogP contribution < -0.4 is 4.74 Å². The van der Waals surface area contributed by atoms with Gasteiger partial charge in [-0.1, -0.05) is 0 Å². The molecule has 1 aromatic rings. The molecule has 4 aliphatic carbocycles. The number of ether oxygens (including phenoxy) is 2. The van der Waals surface area contributed by atoms with Gasteiger partial charge in [0.15, 0.2) is 0 Å². The Morgan fingerprint density at radius 3 is 2.07 bits per heavy atom. The van der Waals surface area contributed by atoms with Gasteiger partial charge in [-0.25, -0.2) is 0 Å². The van der Waals surface area contributed by atoms with Crippen LogP contribution >= 0.6 is 0 Å². The summed E-state index contributed by atoms with van der Waals surface area (Å²) in [7, 11) is 0. The minimum atomic E-state index is -0.751. The van der Waals surface area contributed by atoms with E-state index in [1.807, 2.05) is 12.1 Å². The van der Waals surface area contributed by atoms with Gasteiger partial charge in [0.25, 0.3) is 0 Å². The number of carbonyl (C=O) groups is 2. The SMILES string of the molecule is CC(=O)Oc1ccc(C2=NN(C(C)=O)C(C)(C34CC5CC(CC(C5)C3)C4)O2)cc1. The van der Waals surface area contributed by atoms with Crippen molar-refractivity contribution in [2.75, 3.05) is 0 Å². The van der Waals surface area contributed by atoms with Crippen molar-refractivity contribution < 1.29 is 19.1 Å². The Bertz CT molecular complexity index is 855. The quantitative estimate of drug-likeness (QED) is 0.570. The lowest BCUT2D eigenvalue weighted by atomic mass is 9.47. The number of amides is 1. The maximum absolute atomic E-state index is 12.6. The highest BCUT2D eigenvalue weighted by molar-refractivity contribution is 5.96. The number of nitrogens with zero attached hydrogens (tertiary/aromatic N) is 2. The van der Waals surface area contributed by atoms with Gasteiger partial charge < -0.3 is 9.47 Å². The van der Waals surface area contributed by atoms with Crippen LogP contribution in [0, 0.1) is 23.2 Å². The van der Waals surface area contributed by atoms with Crippen LogP contribution in [0.4, 0.5) is 0 Å². The van der Waals surface area contributed by atoms with Crippen LogP contribution in [0.25, 0.3) is 0 Å². The van der Waals surface area contributed by atoms with E-state index in [4.69, 9.17) is 9.47 Å². The average Bonchev–Trinajstić information content (AvgIpc) is 3.00. The summed E-state index contributed by atoms with van der Waals surface area (Å²) in [6.45, 7) is 5.00. The summed E-state index contributed by atoms with van der Waals surface area (Å²) in [4.78, 5) is 23.7. The minimum absolute atomic E-state index is 0.0314. The van der Waals surface area contributed by atoms with Gasteiger partial charge in [0.2, 0.25) is 17.5 Å². The Labute approximate surface area is 171 Å². The molecule has 1 aliphatic heterocycles. The molecular formula is C23H28N2O4. The third kappa shape index (κ3) is 2.87. The highest BCUT2D eigenvalue weighted by atomic mass is 16.6. The number of hydrogen-bond donors (Lipinski definition) is 0. The van der Waals surface area contributed by atoms with Crippen LogP contribution in [0.3, 0.4) is 0 Å². The molecule has 0 N–H and O–H groups in total. The van der Waals surface area contributed by atoms with Crippen LogP contribution in [-0.4, -0.2) is 28.5 Å². The molecule has 1 atom stereocenters. The summed E-state index contributed by atoms with van der Waals surface area (Å²) in [5.74, 6) is 2.76. The number of hydrazone groups is 1. The fourth-order valence-corrected chi connectivity index (χ4v) is 6.77. The third-order valence-electron chi connectivity index (χ3n) is 7.57. The molecule has 0 spiro atoms. The average molecular weight is 396 g/mol. The minimum Gasteiger partial charge on any atom is -0.447 e. The van der Waals surface area contributed by atoms with Crippen LogP contribution in [0.15, 0.2) is 29.4 Å². The van der Waals surface area contributed by atoms with Crippen molar-refractivity contribution in [3.63, 3.8) is 0 Å². The maximum Gasteiger partial charge on any atom is 0.308 e. The third-order valence-corrected chi connectivity index (χ3v) is 7.57. The zero-order valence-corrected chi connectivity index (χ0v) is 17.3. The van der Waals surface area contributed by atoms with Crippen LogP contribution in [0.1, 0.15) is 64.9 Å². The smallest absolute Gasteiger partial charge is 0.308 e. The number of rotatable bonds is 3. The van der Waals surface area contributed by atoms with E-state index in [1.54, 1.807) is 24.1 Å². The molecule has 154 valence electrons. The first-order valence-electron chi connectivity index (χ1n) is 10.7. The summed E-state index contributed by atoms with van der Waals surface area (Å²) in [6.07, 6.45) is 7.36. The molecule has 0 saturated heterocycles. The Balaban J connectivity index is 1.46. The molecule has 1 aromatic carbocycles. The van der Waals surface area contributed by atoms with Gasteiger partial charge in [0, 0.05) is 24.8 Å². The van der Waals surface area contributed by atoms with Gasteiger partial charge in [-0.05, 0) is 87.5 Å². The van der Waals surface area contributed by atoms with E-state index < -0.39 is 5.72 Å². The summed E-state index contributed by atoms with van der Waals surface area (Å²) in [5.41, 5.74) is -0.00432. The van der Waals surface area contributed by atoms with Gasteiger partial charge >= 0.3 is 5.97 Å². The first-order chi connectivity index (χ1) is 13.8. The summed E-state index contributed by atoms with van der Waals surface area (Å²) in [6, 6.07) is 7.09. The molecule has 0 aromatic heterocycles. The van der Waals surface area contributed by atoms with E-state index in [-0.39, 0.29) is 17.3 Å². The van der Waals surface area contributed by atoms with E-state index in [2.05, 4.69) is 12.0 Å². The van der Waals surface area contributed by atoms with Crippen LogP contribution in [-0.2, 0) is 14.3 Å². The molecule has 4 fully saturated rings. The highest BCUT2D eigenvalue weighted by Crippen LogP contribution is 2.65. The molecule has 6 nitrogen and oxygen atoms in total. The van der Waals surface area contributed by atoms with Gasteiger partial charge in [-0.15, -0.1) is 5.10 Å². The van der Waals surface area contributed by atoms with Crippen molar-refractivity contribution in [2.24, 2.45) is 28.3 Å². The zero-order chi connectivity index (χ0) is 20.4. The molecule has 0 radical (unpaired) electrons. The van der Waals surface area contributed by atoms with Crippen LogP contribution in [0.5, 0.6) is 5.75 Å². The molecule has 4 saturated carbocycles. The van der Waals surface area contributed by atoms with Crippen molar-refractivity contribution in [1.82, 2.24) is 5.01 Å². The number of hydrogen-bond acceptors (Lipinski definition) is 5. The lowest BCUT2D eigenvalue weighted by molar-refractivity contribution is -0.216. The molecule has 1 amide bonds. The molecular weight excluding hydrogens is 368 g/mol.